The van der Waals surface area contributed by atoms with Crippen LogP contribution in [-0.2, 0) is 23.7 Å². The first-order valence-electron chi connectivity index (χ1n) is 15.3. The summed E-state index contributed by atoms with van der Waals surface area (Å²) in [4.78, 5) is 54.9. The number of carbonyl (C=O) groups excluding carboxylic acids is 3. The summed E-state index contributed by atoms with van der Waals surface area (Å²) in [5.74, 6) is -0.634. The Balaban J connectivity index is 1.43. The van der Waals surface area contributed by atoms with Crippen molar-refractivity contribution in [2.24, 2.45) is 39.8 Å². The van der Waals surface area contributed by atoms with Crippen LogP contribution in [0, 0.1) is 39.2 Å². The first-order valence-corrected chi connectivity index (χ1v) is 15.3. The van der Waals surface area contributed by atoms with Gasteiger partial charge in [-0.3, -0.25) is 14.4 Å². The fraction of sp³-hybridized carbons (Fsp3) is 0.857. The minimum atomic E-state index is -0.795. The molecule has 0 spiro atoms. The van der Waals surface area contributed by atoms with Crippen LogP contribution in [-0.4, -0.2) is 77.9 Å². The number of aliphatic imine (C=N–C) groups is 1. The van der Waals surface area contributed by atoms with E-state index in [0.29, 0.717) is 44.1 Å². The molecule has 2 saturated heterocycles. The average molecular weight is 591 g/mol. The van der Waals surface area contributed by atoms with Gasteiger partial charge in [-0.15, -0.1) is 0 Å². The molecule has 2 heterocycles. The maximum Gasteiger partial charge on any atom is 0.481 e. The van der Waals surface area contributed by atoms with Crippen molar-refractivity contribution in [2.45, 2.75) is 104 Å². The molecule has 0 aromatic rings. The van der Waals surface area contributed by atoms with E-state index in [-0.39, 0.29) is 60.5 Å². The van der Waals surface area contributed by atoms with E-state index in [1.54, 1.807) is 10.3 Å². The Kier molecular flexibility index (Phi) is 9.86. The van der Waals surface area contributed by atoms with Crippen molar-refractivity contribution >= 4 is 30.7 Å². The fourth-order valence-electron chi connectivity index (χ4n) is 7.53. The Bertz CT molecular complexity index is 1090. The number of Topliss-reactive ketones (excluding diaryl/α,β-unsaturated/α-hetero) is 1. The molecule has 6 atom stereocenters. The third kappa shape index (κ3) is 7.07. The number of likely N-dealkylation sites (tertiary alicyclic amines) is 1. The largest absolute Gasteiger partial charge is 0.481 e. The second-order valence-corrected chi connectivity index (χ2v) is 13.7. The van der Waals surface area contributed by atoms with Gasteiger partial charge in [0.25, 0.3) is 5.96 Å². The van der Waals surface area contributed by atoms with Crippen molar-refractivity contribution in [1.29, 1.82) is 0 Å². The molecular weight excluding hydrogens is 543 g/mol. The highest BCUT2D eigenvalue weighted by atomic mass is 16.7. The quantitative estimate of drug-likeness (QED) is 0.0680. The molecule has 5 fully saturated rings. The van der Waals surface area contributed by atoms with Gasteiger partial charge < -0.3 is 25.3 Å². The first-order chi connectivity index (χ1) is 19.7. The zero-order valence-electron chi connectivity index (χ0n) is 25.6. The Morgan fingerprint density at radius 2 is 2.02 bits per heavy atom. The summed E-state index contributed by atoms with van der Waals surface area (Å²) in [5, 5.41) is 12.9. The van der Waals surface area contributed by atoms with Gasteiger partial charge in [-0.1, -0.05) is 33.1 Å². The van der Waals surface area contributed by atoms with Gasteiger partial charge in [0.15, 0.2) is 10.8 Å². The molecule has 4 N–H and O–H groups in total. The van der Waals surface area contributed by atoms with E-state index in [4.69, 9.17) is 15.0 Å². The monoisotopic (exact) mass is 590 g/mol. The summed E-state index contributed by atoms with van der Waals surface area (Å²) in [6.07, 6.45) is 4.55. The molecule has 0 unspecified atom stereocenters. The molecule has 5 rings (SSSR count). The number of nitrogens with one attached hydrogen (secondary N) is 2. The normalized spacial score (nSPS) is 29.6. The SMILES string of the molecule is CC(C)C[C@H](NC(=O)[C@H](CCCN=C(N)N[N+](=O)[O-])CC(=O)CN1CCCC1=O)B1O[C@@H]2C[C@H]3C[C@H](C3(C)C)[C@]2(C)O1. The van der Waals surface area contributed by atoms with Crippen LogP contribution in [0.15, 0.2) is 4.99 Å². The topological polar surface area (TPSA) is 178 Å². The molecule has 3 aliphatic carbocycles. The molecule has 0 aromatic carbocycles. The summed E-state index contributed by atoms with van der Waals surface area (Å²) in [6, 6.07) is 0. The number of rotatable bonds is 14. The highest BCUT2D eigenvalue weighted by Crippen LogP contribution is 2.65. The van der Waals surface area contributed by atoms with E-state index >= 15 is 0 Å². The molecule has 14 heteroatoms. The van der Waals surface area contributed by atoms with Crippen molar-refractivity contribution in [1.82, 2.24) is 15.6 Å². The van der Waals surface area contributed by atoms with Crippen LogP contribution in [0.3, 0.4) is 0 Å². The van der Waals surface area contributed by atoms with Crippen molar-refractivity contribution in [3.05, 3.63) is 10.1 Å². The zero-order chi connectivity index (χ0) is 30.8. The van der Waals surface area contributed by atoms with Crippen LogP contribution in [0.4, 0.5) is 0 Å². The summed E-state index contributed by atoms with van der Waals surface area (Å²) >= 11 is 0. The Morgan fingerprint density at radius 1 is 1.29 bits per heavy atom. The maximum absolute atomic E-state index is 13.8. The smallest absolute Gasteiger partial charge is 0.404 e. The second kappa shape index (κ2) is 12.9. The van der Waals surface area contributed by atoms with Crippen LogP contribution in [0.5, 0.6) is 0 Å². The van der Waals surface area contributed by atoms with Crippen LogP contribution in [0.2, 0.25) is 0 Å². The number of hydrogen-bond donors (Lipinski definition) is 3. The van der Waals surface area contributed by atoms with Crippen molar-refractivity contribution in [3.8, 4) is 0 Å². The predicted molar refractivity (Wildman–Crippen MR) is 156 cm³/mol. The molecule has 234 valence electrons. The van der Waals surface area contributed by atoms with Gasteiger partial charge in [0.2, 0.25) is 11.8 Å². The minimum Gasteiger partial charge on any atom is -0.404 e. The van der Waals surface area contributed by atoms with Crippen molar-refractivity contribution in [2.75, 3.05) is 19.6 Å². The number of carbonyl (C=O) groups is 3. The zero-order valence-corrected chi connectivity index (χ0v) is 25.6. The van der Waals surface area contributed by atoms with Crippen molar-refractivity contribution < 1.29 is 28.7 Å². The lowest BCUT2D eigenvalue weighted by molar-refractivity contribution is -0.525. The molecular formula is C28H47BN6O7. The van der Waals surface area contributed by atoms with E-state index in [2.05, 4.69) is 44.9 Å². The molecule has 0 radical (unpaired) electrons. The summed E-state index contributed by atoms with van der Waals surface area (Å²) in [5.41, 5.74) is 7.09. The molecule has 0 aromatic heterocycles. The highest BCUT2D eigenvalue weighted by Gasteiger charge is 2.68. The molecule has 42 heavy (non-hydrogen) atoms. The van der Waals surface area contributed by atoms with Gasteiger partial charge >= 0.3 is 7.12 Å². The summed E-state index contributed by atoms with van der Waals surface area (Å²) in [6.45, 7) is 11.6. The van der Waals surface area contributed by atoms with Gasteiger partial charge in [0.1, 0.15) is 0 Å². The average Bonchev–Trinajstić information content (AvgIpc) is 3.46. The number of guanidine groups is 1. The summed E-state index contributed by atoms with van der Waals surface area (Å²) in [7, 11) is -0.585. The summed E-state index contributed by atoms with van der Waals surface area (Å²) < 4.78 is 13.2. The number of ketones is 1. The number of nitrogens with two attached hydrogens (primary N) is 1. The lowest BCUT2D eigenvalue weighted by Crippen LogP contribution is -2.65. The lowest BCUT2D eigenvalue weighted by atomic mass is 9.43. The Hall–Kier alpha value is -2.74. The van der Waals surface area contributed by atoms with E-state index in [9.17, 15) is 24.5 Å². The van der Waals surface area contributed by atoms with Crippen LogP contribution < -0.4 is 16.5 Å². The van der Waals surface area contributed by atoms with Gasteiger partial charge in [-0.05, 0) is 68.6 Å². The van der Waals surface area contributed by atoms with Gasteiger partial charge in [0.05, 0.1) is 24.2 Å². The van der Waals surface area contributed by atoms with Crippen LogP contribution >= 0.6 is 0 Å². The Morgan fingerprint density at radius 3 is 2.64 bits per heavy atom. The maximum atomic E-state index is 13.8. The van der Waals surface area contributed by atoms with E-state index < -0.39 is 29.6 Å². The Labute approximate surface area is 248 Å². The molecule has 2 amide bonds. The second-order valence-electron chi connectivity index (χ2n) is 13.7. The van der Waals surface area contributed by atoms with Gasteiger partial charge in [0, 0.05) is 31.8 Å². The standard InChI is InChI=1S/C28H47BN6O7/c1-17(2)12-23(29-41-22-15-19-14-21(27(19,3)4)28(22,5)42-29)32-25(38)18(8-6-10-31-26(30)33-35(39)40)13-20(36)16-34-11-7-9-24(34)37/h17-19,21-23H,6-16H2,1-5H3,(H,32,38)(H3,30,31,33)/t18-,19-,21-,22-,23+,28+/m1/s1. The van der Waals surface area contributed by atoms with Crippen LogP contribution in [0.1, 0.15) is 86.0 Å². The highest BCUT2D eigenvalue weighted by molar-refractivity contribution is 6.47. The third-order valence-electron chi connectivity index (χ3n) is 9.93. The first kappa shape index (κ1) is 32.2. The molecule has 5 aliphatic rings. The molecule has 2 bridgehead atoms. The molecule has 13 nitrogen and oxygen atoms in total. The number of hydrogen-bond acceptors (Lipinski definition) is 8. The lowest BCUT2D eigenvalue weighted by Gasteiger charge is -2.64. The van der Waals surface area contributed by atoms with E-state index in [0.717, 1.165) is 19.3 Å². The number of amides is 2. The fourth-order valence-corrected chi connectivity index (χ4v) is 7.53. The number of nitro groups is 1. The predicted octanol–water partition coefficient (Wildman–Crippen LogP) is 1.86. The van der Waals surface area contributed by atoms with Crippen molar-refractivity contribution in [3.63, 3.8) is 0 Å². The number of hydrazine groups is 1. The minimum absolute atomic E-state index is 0.0108. The number of nitrogens with zero attached hydrogens (tertiary/aromatic N) is 3. The van der Waals surface area contributed by atoms with Crippen LogP contribution in [0.25, 0.3) is 0 Å². The van der Waals surface area contributed by atoms with E-state index in [1.165, 1.54) is 0 Å². The van der Waals surface area contributed by atoms with E-state index in [1.807, 2.05) is 0 Å². The van der Waals surface area contributed by atoms with Gasteiger partial charge in [-0.25, -0.2) is 15.1 Å². The third-order valence-corrected chi connectivity index (χ3v) is 9.93. The van der Waals surface area contributed by atoms with Gasteiger partial charge in [-0.2, -0.15) is 0 Å². The molecule has 2 aliphatic heterocycles. The molecule has 3 saturated carbocycles.